The van der Waals surface area contributed by atoms with Crippen LogP contribution in [-0.2, 0) is 14.3 Å². The van der Waals surface area contributed by atoms with Crippen molar-refractivity contribution in [2.75, 3.05) is 13.2 Å². The monoisotopic (exact) mass is 462 g/mol. The first-order valence-corrected chi connectivity index (χ1v) is 11.4. The van der Waals surface area contributed by atoms with Gasteiger partial charge in [-0.3, -0.25) is 4.79 Å². The largest absolute Gasteiger partial charge is 0.480 e. The zero-order chi connectivity index (χ0) is 24.5. The quantitative estimate of drug-likeness (QED) is 0.464. The minimum atomic E-state index is -1.12. The standard InChI is InChI=1S/C27H30N2O5/c1-3-5-14-24(26(31)32)29-25(30)15-18(4-2)16-28-27(33)34-17-23-21-12-8-6-10-19(21)20-11-7-9-13-22(20)23/h6-13,18,23-24H,4,14-17H2,1-2H3,(H,28,33)(H,29,30)(H,31,32). The average molecular weight is 463 g/mol. The zero-order valence-electron chi connectivity index (χ0n) is 19.5. The highest BCUT2D eigenvalue weighted by molar-refractivity contribution is 5.84. The van der Waals surface area contributed by atoms with Gasteiger partial charge in [-0.15, -0.1) is 11.8 Å². The molecule has 2 amide bonds. The molecule has 0 spiro atoms. The molecule has 2 aromatic carbocycles. The second-order valence-corrected chi connectivity index (χ2v) is 8.27. The van der Waals surface area contributed by atoms with Crippen LogP contribution in [0.5, 0.6) is 0 Å². The molecule has 7 nitrogen and oxygen atoms in total. The van der Waals surface area contributed by atoms with Crippen molar-refractivity contribution in [1.82, 2.24) is 10.6 Å². The summed E-state index contributed by atoms with van der Waals surface area (Å²) in [4.78, 5) is 36.0. The highest BCUT2D eigenvalue weighted by Gasteiger charge is 2.29. The Hall–Kier alpha value is -3.79. The average Bonchev–Trinajstić information content (AvgIpc) is 3.16. The van der Waals surface area contributed by atoms with Gasteiger partial charge < -0.3 is 20.5 Å². The number of carboxylic acids is 1. The predicted octanol–water partition coefficient (Wildman–Crippen LogP) is 3.92. The summed E-state index contributed by atoms with van der Waals surface area (Å²) in [6.07, 6.45) is 0.252. The lowest BCUT2D eigenvalue weighted by atomic mass is 9.98. The van der Waals surface area contributed by atoms with Gasteiger partial charge >= 0.3 is 12.1 Å². The van der Waals surface area contributed by atoms with Crippen molar-refractivity contribution in [3.8, 4) is 23.0 Å². The number of rotatable bonds is 10. The summed E-state index contributed by atoms with van der Waals surface area (Å²) in [5, 5.41) is 14.5. The Morgan fingerprint density at radius 1 is 1.06 bits per heavy atom. The molecule has 0 heterocycles. The molecule has 3 rings (SSSR count). The highest BCUT2D eigenvalue weighted by Crippen LogP contribution is 2.44. The molecule has 3 N–H and O–H groups in total. The lowest BCUT2D eigenvalue weighted by Crippen LogP contribution is -2.42. The lowest BCUT2D eigenvalue weighted by molar-refractivity contribution is -0.141. The normalized spacial score (nSPS) is 13.5. The number of carboxylic acid groups (broad SMARTS) is 1. The van der Waals surface area contributed by atoms with Crippen LogP contribution in [-0.4, -0.2) is 42.3 Å². The molecule has 0 aromatic heterocycles. The summed E-state index contributed by atoms with van der Waals surface area (Å²) in [6, 6.07) is 15.2. The molecule has 1 aliphatic carbocycles. The van der Waals surface area contributed by atoms with Crippen LogP contribution in [0, 0.1) is 17.8 Å². The van der Waals surface area contributed by atoms with E-state index in [2.05, 4.69) is 46.7 Å². The Balaban J connectivity index is 1.50. The number of aliphatic carboxylic acids is 1. The fourth-order valence-electron chi connectivity index (χ4n) is 4.16. The van der Waals surface area contributed by atoms with E-state index in [1.807, 2.05) is 31.2 Å². The van der Waals surface area contributed by atoms with Crippen LogP contribution in [0.25, 0.3) is 11.1 Å². The van der Waals surface area contributed by atoms with Gasteiger partial charge in [-0.2, -0.15) is 0 Å². The number of alkyl carbamates (subject to hydrolysis) is 1. The molecule has 2 unspecified atom stereocenters. The molecule has 0 radical (unpaired) electrons. The minimum Gasteiger partial charge on any atom is -0.480 e. The van der Waals surface area contributed by atoms with Gasteiger partial charge in [0.2, 0.25) is 5.91 Å². The number of amides is 2. The van der Waals surface area contributed by atoms with E-state index < -0.39 is 18.1 Å². The Kier molecular flexibility index (Phi) is 8.69. The number of carbonyl (C=O) groups is 3. The maximum absolute atomic E-state index is 12.4. The molecule has 2 aromatic rings. The maximum Gasteiger partial charge on any atom is 0.407 e. The van der Waals surface area contributed by atoms with Gasteiger partial charge in [-0.25, -0.2) is 9.59 Å². The Labute approximate surface area is 199 Å². The van der Waals surface area contributed by atoms with Crippen molar-refractivity contribution in [3.63, 3.8) is 0 Å². The number of ether oxygens (including phenoxy) is 1. The molecule has 1 aliphatic rings. The number of carbonyl (C=O) groups excluding carboxylic acids is 2. The molecular formula is C27H30N2O5. The molecule has 34 heavy (non-hydrogen) atoms. The molecule has 0 saturated heterocycles. The van der Waals surface area contributed by atoms with E-state index in [1.165, 1.54) is 0 Å². The van der Waals surface area contributed by atoms with Crippen LogP contribution < -0.4 is 10.6 Å². The third-order valence-electron chi connectivity index (χ3n) is 6.05. The molecule has 0 aliphatic heterocycles. The SMILES string of the molecule is CC#CCC(NC(=O)CC(CC)CNC(=O)OCC1c2ccccc2-c2ccccc21)C(=O)O. The maximum atomic E-state index is 12.4. The lowest BCUT2D eigenvalue weighted by Gasteiger charge is -2.18. The highest BCUT2D eigenvalue weighted by atomic mass is 16.5. The van der Waals surface area contributed by atoms with E-state index in [0.29, 0.717) is 6.42 Å². The van der Waals surface area contributed by atoms with Crippen molar-refractivity contribution < 1.29 is 24.2 Å². The smallest absolute Gasteiger partial charge is 0.407 e. The van der Waals surface area contributed by atoms with Crippen molar-refractivity contribution in [2.45, 2.75) is 45.1 Å². The van der Waals surface area contributed by atoms with E-state index in [4.69, 9.17) is 4.74 Å². The molecule has 0 saturated carbocycles. The summed E-state index contributed by atoms with van der Waals surface area (Å²) in [5.41, 5.74) is 4.60. The van der Waals surface area contributed by atoms with Crippen LogP contribution in [0.15, 0.2) is 48.5 Å². The molecule has 0 fully saturated rings. The molecular weight excluding hydrogens is 432 g/mol. The van der Waals surface area contributed by atoms with Gasteiger partial charge in [0.25, 0.3) is 0 Å². The first-order chi connectivity index (χ1) is 16.4. The number of nitrogens with one attached hydrogen (secondary N) is 2. The van der Waals surface area contributed by atoms with E-state index >= 15 is 0 Å². The first-order valence-electron chi connectivity index (χ1n) is 11.4. The van der Waals surface area contributed by atoms with Crippen LogP contribution in [0.1, 0.15) is 50.2 Å². The molecule has 0 bridgehead atoms. The molecule has 2 atom stereocenters. The summed E-state index contributed by atoms with van der Waals surface area (Å²) >= 11 is 0. The van der Waals surface area contributed by atoms with Crippen LogP contribution in [0.3, 0.4) is 0 Å². The van der Waals surface area contributed by atoms with Crippen molar-refractivity contribution in [1.29, 1.82) is 0 Å². The van der Waals surface area contributed by atoms with E-state index in [9.17, 15) is 19.5 Å². The molecule has 178 valence electrons. The molecule has 7 heteroatoms. The fourth-order valence-corrected chi connectivity index (χ4v) is 4.16. The Morgan fingerprint density at radius 3 is 2.24 bits per heavy atom. The zero-order valence-corrected chi connectivity index (χ0v) is 19.5. The third-order valence-corrected chi connectivity index (χ3v) is 6.05. The Morgan fingerprint density at radius 2 is 1.68 bits per heavy atom. The second-order valence-electron chi connectivity index (χ2n) is 8.27. The van der Waals surface area contributed by atoms with Gasteiger partial charge in [-0.1, -0.05) is 61.9 Å². The topological polar surface area (TPSA) is 105 Å². The minimum absolute atomic E-state index is 0.0231. The number of hydrogen-bond donors (Lipinski definition) is 3. The third kappa shape index (κ3) is 6.16. The fraction of sp³-hybridized carbons (Fsp3) is 0.370. The Bertz CT molecular complexity index is 1060. The number of hydrogen-bond acceptors (Lipinski definition) is 4. The van der Waals surface area contributed by atoms with Gasteiger partial charge in [-0.05, 0) is 35.1 Å². The predicted molar refractivity (Wildman–Crippen MR) is 129 cm³/mol. The summed E-state index contributed by atoms with van der Waals surface area (Å²) in [6.45, 7) is 4.00. The van der Waals surface area contributed by atoms with Crippen molar-refractivity contribution in [3.05, 3.63) is 59.7 Å². The summed E-state index contributed by atoms with van der Waals surface area (Å²) < 4.78 is 5.54. The number of benzene rings is 2. The second kappa shape index (κ2) is 11.9. The van der Waals surface area contributed by atoms with Gasteiger partial charge in [0.15, 0.2) is 0 Å². The number of fused-ring (bicyclic) bond motifs is 3. The van der Waals surface area contributed by atoms with Gasteiger partial charge in [0.1, 0.15) is 12.6 Å². The van der Waals surface area contributed by atoms with Crippen molar-refractivity contribution >= 4 is 18.0 Å². The van der Waals surface area contributed by atoms with E-state index in [1.54, 1.807) is 6.92 Å². The van der Waals surface area contributed by atoms with Gasteiger partial charge in [0, 0.05) is 25.3 Å². The van der Waals surface area contributed by atoms with Crippen LogP contribution in [0.2, 0.25) is 0 Å². The summed E-state index contributed by atoms with van der Waals surface area (Å²) in [5.74, 6) is 3.62. The van der Waals surface area contributed by atoms with Crippen LogP contribution >= 0.6 is 0 Å². The van der Waals surface area contributed by atoms with E-state index in [-0.39, 0.29) is 43.7 Å². The van der Waals surface area contributed by atoms with E-state index in [0.717, 1.165) is 22.3 Å². The van der Waals surface area contributed by atoms with Gasteiger partial charge in [0.05, 0.1) is 0 Å². The van der Waals surface area contributed by atoms with Crippen molar-refractivity contribution in [2.24, 2.45) is 5.92 Å². The summed E-state index contributed by atoms with van der Waals surface area (Å²) in [7, 11) is 0. The van der Waals surface area contributed by atoms with Crippen LogP contribution in [0.4, 0.5) is 4.79 Å². The first kappa shape index (κ1) is 24.8.